The molecule has 0 fully saturated rings. The summed E-state index contributed by atoms with van der Waals surface area (Å²) < 4.78 is 5.68. The molecular formula is C22H16N2O5. The van der Waals surface area contributed by atoms with E-state index in [2.05, 4.69) is 9.97 Å². The second kappa shape index (κ2) is 7.55. The molecule has 4 rings (SSSR count). The number of rotatable bonds is 4. The van der Waals surface area contributed by atoms with Gasteiger partial charge >= 0.3 is 0 Å². The molecule has 2 N–H and O–H groups in total. The van der Waals surface area contributed by atoms with E-state index < -0.39 is 11.8 Å². The van der Waals surface area contributed by atoms with Crippen molar-refractivity contribution in [2.45, 2.75) is 11.8 Å². The van der Waals surface area contributed by atoms with Crippen LogP contribution >= 0.6 is 0 Å². The largest absolute Gasteiger partial charge is 0.507 e. The van der Waals surface area contributed by atoms with Gasteiger partial charge in [0, 0.05) is 12.4 Å². The number of hydrogen-bond acceptors (Lipinski definition) is 7. The minimum atomic E-state index is -1.00. The smallest absolute Gasteiger partial charge is 0.172 e. The van der Waals surface area contributed by atoms with Gasteiger partial charge in [-0.1, -0.05) is 12.1 Å². The van der Waals surface area contributed by atoms with Crippen LogP contribution in [0.4, 0.5) is 0 Å². The van der Waals surface area contributed by atoms with Gasteiger partial charge in [-0.2, -0.15) is 0 Å². The zero-order valence-electron chi connectivity index (χ0n) is 15.1. The van der Waals surface area contributed by atoms with Gasteiger partial charge in [0.15, 0.2) is 34.6 Å². The zero-order valence-corrected chi connectivity index (χ0v) is 15.1. The highest BCUT2D eigenvalue weighted by Gasteiger charge is 2.34. The Balaban J connectivity index is 1.69. The van der Waals surface area contributed by atoms with E-state index in [0.29, 0.717) is 11.4 Å². The lowest BCUT2D eigenvalue weighted by Crippen LogP contribution is -2.21. The summed E-state index contributed by atoms with van der Waals surface area (Å²) in [6.45, 7) is 0. The predicted octanol–water partition coefficient (Wildman–Crippen LogP) is 3.18. The molecule has 144 valence electrons. The first kappa shape index (κ1) is 18.4. The van der Waals surface area contributed by atoms with Crippen LogP contribution in [-0.4, -0.2) is 31.7 Å². The monoisotopic (exact) mass is 388 g/mol. The highest BCUT2D eigenvalue weighted by Crippen LogP contribution is 2.34. The number of carbonyl (C=O) groups is 2. The van der Waals surface area contributed by atoms with Crippen molar-refractivity contribution < 1.29 is 24.5 Å². The van der Waals surface area contributed by atoms with Crippen LogP contribution in [0.25, 0.3) is 0 Å². The summed E-state index contributed by atoms with van der Waals surface area (Å²) in [5.74, 6) is -3.35. The molecule has 7 nitrogen and oxygen atoms in total. The first-order valence-corrected chi connectivity index (χ1v) is 8.86. The second-order valence-corrected chi connectivity index (χ2v) is 6.45. The Hall–Kier alpha value is -4.00. The number of nitrogens with zero attached hydrogens (tertiary/aromatic N) is 2. The number of carbonyl (C=O) groups excluding carboxylic acids is 2. The normalized spacial score (nSPS) is 21.7. The van der Waals surface area contributed by atoms with E-state index in [1.165, 1.54) is 36.7 Å². The SMILES string of the molecule is O=C1C=CC(OC2=C(O)C(c3ccccn3)C(=O)C=C2)=C(O)C1c1ccccn1. The summed E-state index contributed by atoms with van der Waals surface area (Å²) in [5, 5.41) is 21.3. The molecule has 2 unspecified atom stereocenters. The molecule has 2 aliphatic rings. The first-order chi connectivity index (χ1) is 14.1. The summed E-state index contributed by atoms with van der Waals surface area (Å²) in [6, 6.07) is 10.1. The summed E-state index contributed by atoms with van der Waals surface area (Å²) in [4.78, 5) is 32.8. The Labute approximate surface area is 166 Å². The third-order valence-corrected chi connectivity index (χ3v) is 4.61. The molecule has 2 aromatic heterocycles. The number of aliphatic hydroxyl groups excluding tert-OH is 2. The van der Waals surface area contributed by atoms with Crippen LogP contribution in [0.3, 0.4) is 0 Å². The van der Waals surface area contributed by atoms with Crippen molar-refractivity contribution in [3.8, 4) is 0 Å². The Kier molecular flexibility index (Phi) is 4.78. The van der Waals surface area contributed by atoms with Gasteiger partial charge in [0.2, 0.25) is 0 Å². The van der Waals surface area contributed by atoms with Gasteiger partial charge in [0.25, 0.3) is 0 Å². The second-order valence-electron chi connectivity index (χ2n) is 6.45. The third-order valence-electron chi connectivity index (χ3n) is 4.61. The minimum Gasteiger partial charge on any atom is -0.507 e. The molecule has 2 heterocycles. The maximum absolute atomic E-state index is 12.3. The quantitative estimate of drug-likeness (QED) is 0.828. The van der Waals surface area contributed by atoms with Crippen molar-refractivity contribution in [3.63, 3.8) is 0 Å². The van der Waals surface area contributed by atoms with Crippen LogP contribution in [0.5, 0.6) is 0 Å². The molecule has 0 aliphatic heterocycles. The Morgan fingerprint density at radius 1 is 0.690 bits per heavy atom. The average molecular weight is 388 g/mol. The fourth-order valence-electron chi connectivity index (χ4n) is 3.19. The van der Waals surface area contributed by atoms with Crippen LogP contribution in [0.2, 0.25) is 0 Å². The number of ketones is 2. The van der Waals surface area contributed by atoms with E-state index in [1.807, 2.05) is 0 Å². The summed E-state index contributed by atoms with van der Waals surface area (Å²) in [7, 11) is 0. The number of ether oxygens (including phenoxy) is 1. The van der Waals surface area contributed by atoms with Gasteiger partial charge in [-0.05, 0) is 48.6 Å². The number of aliphatic hydroxyl groups is 2. The highest BCUT2D eigenvalue weighted by molar-refractivity contribution is 5.99. The lowest BCUT2D eigenvalue weighted by molar-refractivity contribution is -0.116. The van der Waals surface area contributed by atoms with E-state index in [0.717, 1.165) is 0 Å². The Bertz CT molecular complexity index is 997. The summed E-state index contributed by atoms with van der Waals surface area (Å²) >= 11 is 0. The van der Waals surface area contributed by atoms with Crippen LogP contribution in [-0.2, 0) is 14.3 Å². The Morgan fingerprint density at radius 3 is 1.52 bits per heavy atom. The lowest BCUT2D eigenvalue weighted by atomic mass is 9.91. The highest BCUT2D eigenvalue weighted by atomic mass is 16.5. The molecule has 0 saturated carbocycles. The van der Waals surface area contributed by atoms with Gasteiger partial charge in [0.1, 0.15) is 11.8 Å². The van der Waals surface area contributed by atoms with Crippen molar-refractivity contribution in [3.05, 3.63) is 108 Å². The fourth-order valence-corrected chi connectivity index (χ4v) is 3.19. The topological polar surface area (TPSA) is 110 Å². The molecule has 0 radical (unpaired) electrons. The summed E-state index contributed by atoms with van der Waals surface area (Å²) in [5.41, 5.74) is 0.749. The number of hydrogen-bond donors (Lipinski definition) is 2. The molecule has 0 amide bonds. The van der Waals surface area contributed by atoms with Gasteiger partial charge < -0.3 is 14.9 Å². The minimum absolute atomic E-state index is 0.0134. The van der Waals surface area contributed by atoms with Crippen molar-refractivity contribution >= 4 is 11.6 Å². The molecular weight excluding hydrogens is 372 g/mol. The molecule has 29 heavy (non-hydrogen) atoms. The fraction of sp³-hybridized carbons (Fsp3) is 0.0909. The van der Waals surface area contributed by atoms with Crippen LogP contribution in [0.1, 0.15) is 23.2 Å². The van der Waals surface area contributed by atoms with E-state index in [4.69, 9.17) is 4.74 Å². The maximum Gasteiger partial charge on any atom is 0.172 e. The van der Waals surface area contributed by atoms with Gasteiger partial charge in [0.05, 0.1) is 11.4 Å². The zero-order chi connectivity index (χ0) is 20.4. The first-order valence-electron chi connectivity index (χ1n) is 8.86. The van der Waals surface area contributed by atoms with Crippen LogP contribution < -0.4 is 0 Å². The molecule has 0 spiro atoms. The third kappa shape index (κ3) is 3.45. The van der Waals surface area contributed by atoms with E-state index >= 15 is 0 Å². The number of pyridine rings is 2. The lowest BCUT2D eigenvalue weighted by Gasteiger charge is -2.23. The number of aromatic nitrogens is 2. The molecule has 0 bridgehead atoms. The molecule has 7 heteroatoms. The van der Waals surface area contributed by atoms with E-state index in [1.54, 1.807) is 36.4 Å². The van der Waals surface area contributed by atoms with Crippen molar-refractivity contribution in [2.75, 3.05) is 0 Å². The number of allylic oxidation sites excluding steroid dienone is 6. The van der Waals surface area contributed by atoms with Gasteiger partial charge in [-0.15, -0.1) is 0 Å². The van der Waals surface area contributed by atoms with Crippen LogP contribution in [0, 0.1) is 0 Å². The van der Waals surface area contributed by atoms with Crippen LogP contribution in [0.15, 0.2) is 96.1 Å². The molecule has 2 aromatic rings. The predicted molar refractivity (Wildman–Crippen MR) is 103 cm³/mol. The van der Waals surface area contributed by atoms with Crippen molar-refractivity contribution in [2.24, 2.45) is 0 Å². The van der Waals surface area contributed by atoms with Crippen molar-refractivity contribution in [1.82, 2.24) is 9.97 Å². The van der Waals surface area contributed by atoms with E-state index in [-0.39, 0.29) is 34.6 Å². The maximum atomic E-state index is 12.3. The molecule has 2 atom stereocenters. The molecule has 0 aromatic carbocycles. The van der Waals surface area contributed by atoms with Gasteiger partial charge in [-0.3, -0.25) is 19.6 Å². The Morgan fingerprint density at radius 2 is 1.14 bits per heavy atom. The average Bonchev–Trinajstić information content (AvgIpc) is 2.74. The summed E-state index contributed by atoms with van der Waals surface area (Å²) in [6.07, 6.45) is 8.24. The van der Waals surface area contributed by atoms with E-state index in [9.17, 15) is 19.8 Å². The van der Waals surface area contributed by atoms with Crippen molar-refractivity contribution in [1.29, 1.82) is 0 Å². The van der Waals surface area contributed by atoms with Gasteiger partial charge in [-0.25, -0.2) is 0 Å². The molecule has 0 saturated heterocycles. The molecule has 2 aliphatic carbocycles. The standard InChI is InChI=1S/C22H16N2O5/c25-15-7-9-17(21(27)19(15)13-5-1-3-11-23-13)29-18-10-8-16(26)20(22(18)28)14-6-2-4-12-24-14/h1-12,19-20,27-28H.